The Bertz CT molecular complexity index is 229. The van der Waals surface area contributed by atoms with Gasteiger partial charge in [-0.2, -0.15) is 0 Å². The number of hydrogen-bond acceptors (Lipinski definition) is 2. The summed E-state index contributed by atoms with van der Waals surface area (Å²) in [6.45, 7) is 2.07. The van der Waals surface area contributed by atoms with E-state index in [0.717, 1.165) is 25.7 Å². The molecule has 0 aromatic heterocycles. The van der Waals surface area contributed by atoms with Crippen molar-refractivity contribution in [1.82, 2.24) is 0 Å². The number of hydrogen-bond donors (Lipinski definition) is 0. The van der Waals surface area contributed by atoms with Crippen LogP contribution in [0.1, 0.15) is 32.6 Å². The molecule has 0 atom stereocenters. The van der Waals surface area contributed by atoms with Gasteiger partial charge in [0.2, 0.25) is 9.05 Å². The predicted molar refractivity (Wildman–Crippen MR) is 46.2 cm³/mol. The summed E-state index contributed by atoms with van der Waals surface area (Å²) < 4.78 is 21.5. The van der Waals surface area contributed by atoms with Crippen LogP contribution < -0.4 is 0 Å². The van der Waals surface area contributed by atoms with Gasteiger partial charge in [0, 0.05) is 10.7 Å². The summed E-state index contributed by atoms with van der Waals surface area (Å²) >= 11 is 0. The van der Waals surface area contributed by atoms with Crippen LogP contribution in [0.3, 0.4) is 0 Å². The fraction of sp³-hybridized carbons (Fsp3) is 1.00. The van der Waals surface area contributed by atoms with Crippen molar-refractivity contribution in [1.29, 1.82) is 0 Å². The molecule has 0 radical (unpaired) electrons. The first-order valence-corrected chi connectivity index (χ1v) is 6.38. The smallest absolute Gasteiger partial charge is 0.212 e. The molecular formula is C7H13ClO2S. The molecule has 66 valence electrons. The summed E-state index contributed by atoms with van der Waals surface area (Å²) in [4.78, 5) is 0. The van der Waals surface area contributed by atoms with Crippen molar-refractivity contribution in [3.8, 4) is 0 Å². The summed E-state index contributed by atoms with van der Waals surface area (Å²) in [6.07, 6.45) is 4.12. The van der Waals surface area contributed by atoms with Crippen LogP contribution >= 0.6 is 10.7 Å². The van der Waals surface area contributed by atoms with Gasteiger partial charge >= 0.3 is 0 Å². The average molecular weight is 197 g/mol. The zero-order chi connectivity index (χ0) is 8.54. The van der Waals surface area contributed by atoms with Crippen LogP contribution in [0.4, 0.5) is 0 Å². The van der Waals surface area contributed by atoms with Crippen LogP contribution in [0.25, 0.3) is 0 Å². The normalized spacial score (nSPS) is 21.6. The Balaban J connectivity index is 2.48. The molecule has 1 saturated carbocycles. The van der Waals surface area contributed by atoms with Crippen LogP contribution in [0.2, 0.25) is 0 Å². The lowest BCUT2D eigenvalue weighted by Gasteiger charge is -2.09. The molecule has 0 N–H and O–H groups in total. The molecule has 0 aromatic rings. The maximum atomic E-state index is 10.7. The third-order valence-electron chi connectivity index (χ3n) is 2.22. The highest BCUT2D eigenvalue weighted by Crippen LogP contribution is 2.50. The first-order chi connectivity index (χ1) is 4.97. The van der Waals surface area contributed by atoms with Gasteiger partial charge in [-0.25, -0.2) is 8.42 Å². The van der Waals surface area contributed by atoms with Crippen molar-refractivity contribution >= 4 is 19.7 Å². The molecule has 11 heavy (non-hydrogen) atoms. The van der Waals surface area contributed by atoms with E-state index in [-0.39, 0.29) is 11.2 Å². The fourth-order valence-electron chi connectivity index (χ4n) is 1.54. The summed E-state index contributed by atoms with van der Waals surface area (Å²) in [5.41, 5.74) is 0.0648. The van der Waals surface area contributed by atoms with Crippen LogP contribution in [0.5, 0.6) is 0 Å². The molecule has 1 rings (SSSR count). The molecule has 0 aliphatic heterocycles. The minimum atomic E-state index is -3.27. The Labute approximate surface area is 72.4 Å². The van der Waals surface area contributed by atoms with Crippen molar-refractivity contribution in [2.75, 3.05) is 5.75 Å². The Kier molecular flexibility index (Phi) is 2.49. The maximum absolute atomic E-state index is 10.7. The number of rotatable bonds is 4. The molecule has 0 aromatic carbocycles. The SMILES string of the molecule is CCCC1(CS(=O)(=O)Cl)CC1. The standard InChI is InChI=1S/C7H13ClO2S/c1-2-3-7(4-5-7)6-11(8,9)10/h2-6H2,1H3. The molecule has 1 aliphatic rings. The van der Waals surface area contributed by atoms with E-state index in [1.807, 2.05) is 0 Å². The van der Waals surface area contributed by atoms with E-state index < -0.39 is 9.05 Å². The molecule has 0 unspecified atom stereocenters. The molecule has 4 heteroatoms. The lowest BCUT2D eigenvalue weighted by molar-refractivity contribution is 0.502. The first-order valence-electron chi connectivity index (χ1n) is 3.90. The molecule has 0 bridgehead atoms. The molecule has 0 heterocycles. The van der Waals surface area contributed by atoms with Gasteiger partial charge in [0.15, 0.2) is 0 Å². The van der Waals surface area contributed by atoms with Crippen molar-refractivity contribution < 1.29 is 8.42 Å². The Morgan fingerprint density at radius 1 is 1.45 bits per heavy atom. The topological polar surface area (TPSA) is 34.1 Å². The van der Waals surface area contributed by atoms with E-state index in [1.165, 1.54) is 0 Å². The highest BCUT2D eigenvalue weighted by Gasteiger charge is 2.44. The maximum Gasteiger partial charge on any atom is 0.233 e. The molecular weight excluding hydrogens is 184 g/mol. The second kappa shape index (κ2) is 2.94. The molecule has 1 fully saturated rings. The van der Waals surface area contributed by atoms with Crippen LogP contribution in [-0.4, -0.2) is 14.2 Å². The van der Waals surface area contributed by atoms with E-state index in [4.69, 9.17) is 10.7 Å². The van der Waals surface area contributed by atoms with Crippen LogP contribution in [-0.2, 0) is 9.05 Å². The van der Waals surface area contributed by atoms with Gasteiger partial charge in [0.25, 0.3) is 0 Å². The summed E-state index contributed by atoms with van der Waals surface area (Å²) in [5.74, 6) is 0.176. The third kappa shape index (κ3) is 2.99. The largest absolute Gasteiger partial charge is 0.233 e. The lowest BCUT2D eigenvalue weighted by atomic mass is 10.0. The van der Waals surface area contributed by atoms with Crippen LogP contribution in [0, 0.1) is 5.41 Å². The van der Waals surface area contributed by atoms with E-state index >= 15 is 0 Å². The van der Waals surface area contributed by atoms with Gasteiger partial charge in [-0.15, -0.1) is 0 Å². The van der Waals surface area contributed by atoms with E-state index in [0.29, 0.717) is 0 Å². The number of halogens is 1. The quantitative estimate of drug-likeness (QED) is 0.646. The van der Waals surface area contributed by atoms with E-state index in [1.54, 1.807) is 0 Å². The van der Waals surface area contributed by atoms with Gasteiger partial charge in [0.05, 0.1) is 5.75 Å². The second-order valence-electron chi connectivity index (χ2n) is 3.43. The molecule has 0 amide bonds. The zero-order valence-corrected chi connectivity index (χ0v) is 8.21. The van der Waals surface area contributed by atoms with Crippen LogP contribution in [0.15, 0.2) is 0 Å². The van der Waals surface area contributed by atoms with Crippen molar-refractivity contribution in [2.45, 2.75) is 32.6 Å². The van der Waals surface area contributed by atoms with Gasteiger partial charge in [-0.05, 0) is 24.7 Å². The zero-order valence-electron chi connectivity index (χ0n) is 6.64. The minimum absolute atomic E-state index is 0.0648. The third-order valence-corrected chi connectivity index (χ3v) is 3.50. The van der Waals surface area contributed by atoms with Crippen molar-refractivity contribution in [3.05, 3.63) is 0 Å². The Morgan fingerprint density at radius 2 is 2.00 bits per heavy atom. The average Bonchev–Trinajstić information content (AvgIpc) is 2.44. The van der Waals surface area contributed by atoms with Crippen molar-refractivity contribution in [2.24, 2.45) is 5.41 Å². The highest BCUT2D eigenvalue weighted by molar-refractivity contribution is 8.13. The first kappa shape index (κ1) is 9.33. The summed E-state index contributed by atoms with van der Waals surface area (Å²) in [6, 6.07) is 0. The Morgan fingerprint density at radius 3 is 2.27 bits per heavy atom. The second-order valence-corrected chi connectivity index (χ2v) is 6.21. The predicted octanol–water partition coefficient (Wildman–Crippen LogP) is 2.14. The van der Waals surface area contributed by atoms with Crippen molar-refractivity contribution in [3.63, 3.8) is 0 Å². The van der Waals surface area contributed by atoms with E-state index in [9.17, 15) is 8.42 Å². The molecule has 1 aliphatic carbocycles. The van der Waals surface area contributed by atoms with Gasteiger partial charge in [-0.1, -0.05) is 13.3 Å². The fourth-order valence-corrected chi connectivity index (χ4v) is 3.40. The Hall–Kier alpha value is 0.240. The van der Waals surface area contributed by atoms with Gasteiger partial charge in [-0.3, -0.25) is 0 Å². The molecule has 2 nitrogen and oxygen atoms in total. The van der Waals surface area contributed by atoms with E-state index in [2.05, 4.69) is 6.92 Å². The van der Waals surface area contributed by atoms with Gasteiger partial charge < -0.3 is 0 Å². The summed E-state index contributed by atoms with van der Waals surface area (Å²) in [7, 11) is 1.90. The molecule has 0 saturated heterocycles. The highest BCUT2D eigenvalue weighted by atomic mass is 35.7. The van der Waals surface area contributed by atoms with Gasteiger partial charge in [0.1, 0.15) is 0 Å². The molecule has 0 spiro atoms. The lowest BCUT2D eigenvalue weighted by Crippen LogP contribution is -2.12. The monoisotopic (exact) mass is 196 g/mol. The summed E-state index contributed by atoms with van der Waals surface area (Å²) in [5, 5.41) is 0. The minimum Gasteiger partial charge on any atom is -0.212 e.